The molecule has 9 aromatic rings. The van der Waals surface area contributed by atoms with E-state index in [0.29, 0.717) is 5.56 Å². The number of fused-ring (bicyclic) bond motifs is 14. The molecule has 1 unspecified atom stereocenters. The highest BCUT2D eigenvalue weighted by molar-refractivity contribution is 6.19. The maximum atomic E-state index is 8.85. The lowest BCUT2D eigenvalue weighted by Crippen LogP contribution is -2.30. The molecule has 1 atom stereocenters. The van der Waals surface area contributed by atoms with Gasteiger partial charge in [0.1, 0.15) is 0 Å². The summed E-state index contributed by atoms with van der Waals surface area (Å²) in [5.74, 6) is -0.631. The van der Waals surface area contributed by atoms with Gasteiger partial charge in [0.2, 0.25) is 0 Å². The van der Waals surface area contributed by atoms with E-state index in [1.807, 2.05) is 24.3 Å². The molecule has 0 amide bonds. The summed E-state index contributed by atoms with van der Waals surface area (Å²) in [6, 6.07) is 33.8. The molecule has 1 spiro atoms. The Balaban J connectivity index is 1.28. The van der Waals surface area contributed by atoms with Crippen LogP contribution in [0, 0.1) is 0 Å². The zero-order valence-electron chi connectivity index (χ0n) is 38.0. The third-order valence-electron chi connectivity index (χ3n) is 10.5. The predicted molar refractivity (Wildman–Crippen MR) is 217 cm³/mol. The average molecular weight is 684 g/mol. The monoisotopic (exact) mass is 683 g/mol. The van der Waals surface area contributed by atoms with Gasteiger partial charge < -0.3 is 0 Å². The minimum absolute atomic E-state index is 0.00274. The number of hydrogen-bond acceptors (Lipinski definition) is 3. The number of nitrogens with zero attached hydrogens (tertiary/aromatic N) is 3. The van der Waals surface area contributed by atoms with Gasteiger partial charge in [-0.1, -0.05) is 182 Å². The van der Waals surface area contributed by atoms with Gasteiger partial charge in [-0.05, 0) is 72.1 Å². The first-order valence-electron chi connectivity index (χ1n) is 22.3. The van der Waals surface area contributed by atoms with Crippen molar-refractivity contribution in [3.63, 3.8) is 0 Å². The summed E-state index contributed by atoms with van der Waals surface area (Å²) in [4.78, 5) is 14.1. The molecule has 0 bridgehead atoms. The summed E-state index contributed by atoms with van der Waals surface area (Å²) in [7, 11) is 0. The Morgan fingerprint density at radius 3 is 1.60 bits per heavy atom. The van der Waals surface area contributed by atoms with E-state index in [0.717, 1.165) is 66.1 Å². The second kappa shape index (κ2) is 11.5. The van der Waals surface area contributed by atoms with E-state index in [1.165, 1.54) is 0 Å². The molecule has 3 heteroatoms. The van der Waals surface area contributed by atoms with Crippen LogP contribution in [0.25, 0.3) is 79.0 Å². The van der Waals surface area contributed by atoms with E-state index in [4.69, 9.17) is 23.7 Å². The standard InChI is InChI=1S/C50H31N3/c1-3-16-34(17-4-1)47-51-48(35-18-5-2-6-19-35)53-49(52-47)36-30-29-33-28-27-32-15-7-13-25-42(32)50(44(33)31-36)43-26-14-12-24-41(43)45-39-22-10-8-20-37(39)38-21-9-11-23-40(38)46(45)50/h1-31H/i1D,2D,3D,4D,5D,6D,16D,17D,18D,19D. The predicted octanol–water partition coefficient (Wildman–Crippen LogP) is 12.0. The van der Waals surface area contributed by atoms with Gasteiger partial charge in [-0.25, -0.2) is 15.0 Å². The van der Waals surface area contributed by atoms with Gasteiger partial charge in [0.25, 0.3) is 0 Å². The van der Waals surface area contributed by atoms with Crippen LogP contribution in [0.15, 0.2) is 176 Å². The van der Waals surface area contributed by atoms with Crippen molar-refractivity contribution in [2.24, 2.45) is 0 Å². The maximum Gasteiger partial charge on any atom is 0.164 e. The first kappa shape index (κ1) is 21.4. The van der Waals surface area contributed by atoms with E-state index in [-0.39, 0.29) is 28.6 Å². The van der Waals surface area contributed by atoms with Crippen LogP contribution in [-0.2, 0) is 5.41 Å². The van der Waals surface area contributed by atoms with Gasteiger partial charge in [-0.15, -0.1) is 0 Å². The highest BCUT2D eigenvalue weighted by Gasteiger charge is 2.50. The van der Waals surface area contributed by atoms with E-state index < -0.39 is 65.8 Å². The third-order valence-corrected chi connectivity index (χ3v) is 10.5. The molecule has 11 rings (SSSR count). The van der Waals surface area contributed by atoms with Crippen molar-refractivity contribution in [3.8, 4) is 45.3 Å². The Kier molecular flexibility index (Phi) is 4.66. The van der Waals surface area contributed by atoms with E-state index >= 15 is 0 Å². The third kappa shape index (κ3) is 4.31. The Labute approximate surface area is 321 Å². The largest absolute Gasteiger partial charge is 0.208 e. The van der Waals surface area contributed by atoms with Crippen molar-refractivity contribution in [3.05, 3.63) is 209 Å². The van der Waals surface area contributed by atoms with Gasteiger partial charge in [0.15, 0.2) is 17.5 Å². The summed E-state index contributed by atoms with van der Waals surface area (Å²) in [6.07, 6.45) is 4.22. The molecule has 3 nitrogen and oxygen atoms in total. The highest BCUT2D eigenvalue weighted by Crippen LogP contribution is 2.62. The summed E-state index contributed by atoms with van der Waals surface area (Å²) >= 11 is 0. The SMILES string of the molecule is [2H]c1c([2H])c([2H])c(-c2nc(-c3ccc4c(c3)C3(c5ccccc5C=C4)c4ccccc4-c4c3c3ccccc3c3ccccc43)nc(-c3c([2H])c([2H])c([2H])c([2H])c3[2H])n2)c([2H])c1[2H]. The lowest BCUT2D eigenvalue weighted by Gasteiger charge is -2.36. The van der Waals surface area contributed by atoms with Crippen LogP contribution >= 0.6 is 0 Å². The molecule has 53 heavy (non-hydrogen) atoms. The van der Waals surface area contributed by atoms with E-state index in [9.17, 15) is 0 Å². The fraction of sp³-hybridized carbons (Fsp3) is 0.0200. The van der Waals surface area contributed by atoms with Crippen LogP contribution in [0.2, 0.25) is 0 Å². The average Bonchev–Trinajstić information content (AvgIpc) is 3.54. The maximum absolute atomic E-state index is 8.85. The summed E-state index contributed by atoms with van der Waals surface area (Å²) < 4.78 is 85.7. The molecule has 2 aliphatic rings. The van der Waals surface area contributed by atoms with Crippen LogP contribution in [0.1, 0.15) is 47.1 Å². The van der Waals surface area contributed by atoms with Gasteiger partial charge in [0, 0.05) is 16.7 Å². The quantitative estimate of drug-likeness (QED) is 0.174. The van der Waals surface area contributed by atoms with Crippen molar-refractivity contribution < 1.29 is 13.7 Å². The van der Waals surface area contributed by atoms with E-state index in [1.54, 1.807) is 0 Å². The molecule has 8 aromatic carbocycles. The van der Waals surface area contributed by atoms with Crippen molar-refractivity contribution in [2.75, 3.05) is 0 Å². The molecule has 0 N–H and O–H groups in total. The lowest BCUT2D eigenvalue weighted by atomic mass is 9.64. The number of aromatic nitrogens is 3. The van der Waals surface area contributed by atoms with Crippen molar-refractivity contribution in [1.82, 2.24) is 15.0 Å². The smallest absolute Gasteiger partial charge is 0.164 e. The van der Waals surface area contributed by atoms with Gasteiger partial charge in [-0.2, -0.15) is 0 Å². The Morgan fingerprint density at radius 2 is 0.925 bits per heavy atom. The first-order valence-corrected chi connectivity index (χ1v) is 17.3. The minimum Gasteiger partial charge on any atom is -0.208 e. The number of rotatable bonds is 3. The first-order chi connectivity index (χ1) is 30.4. The van der Waals surface area contributed by atoms with Crippen LogP contribution < -0.4 is 0 Å². The molecule has 0 radical (unpaired) electrons. The van der Waals surface area contributed by atoms with Gasteiger partial charge in [0.05, 0.1) is 19.1 Å². The number of benzene rings is 8. The molecule has 1 aromatic heterocycles. The molecule has 0 fully saturated rings. The molecule has 2 aliphatic carbocycles. The van der Waals surface area contributed by atoms with Crippen LogP contribution in [-0.4, -0.2) is 15.0 Å². The molecule has 0 saturated heterocycles. The molecule has 0 saturated carbocycles. The topological polar surface area (TPSA) is 38.7 Å². The lowest BCUT2D eigenvalue weighted by molar-refractivity contribution is 0.773. The van der Waals surface area contributed by atoms with Crippen LogP contribution in [0.4, 0.5) is 0 Å². The molecular weight excluding hydrogens is 643 g/mol. The zero-order valence-corrected chi connectivity index (χ0v) is 28.0. The summed E-state index contributed by atoms with van der Waals surface area (Å²) in [6.45, 7) is 0. The Bertz CT molecular complexity index is 3400. The molecule has 0 aliphatic heterocycles. The second-order valence-electron chi connectivity index (χ2n) is 13.2. The molecular formula is C50H31N3. The van der Waals surface area contributed by atoms with Crippen molar-refractivity contribution in [1.29, 1.82) is 0 Å². The van der Waals surface area contributed by atoms with Crippen molar-refractivity contribution in [2.45, 2.75) is 5.41 Å². The minimum atomic E-state index is -0.917. The normalized spacial score (nSPS) is 17.8. The fourth-order valence-corrected chi connectivity index (χ4v) is 8.46. The molecule has 1 heterocycles. The summed E-state index contributed by atoms with van der Waals surface area (Å²) in [5.41, 5.74) is 7.21. The van der Waals surface area contributed by atoms with Crippen molar-refractivity contribution >= 4 is 33.7 Å². The molecule has 246 valence electrons. The summed E-state index contributed by atoms with van der Waals surface area (Å²) in [5, 5.41) is 4.45. The Morgan fingerprint density at radius 1 is 0.415 bits per heavy atom. The zero-order chi connectivity index (χ0) is 43.6. The Hall–Kier alpha value is -6.97. The van der Waals surface area contributed by atoms with Gasteiger partial charge >= 0.3 is 0 Å². The van der Waals surface area contributed by atoms with Gasteiger partial charge in [-0.3, -0.25) is 0 Å². The fourth-order valence-electron chi connectivity index (χ4n) is 8.46. The highest BCUT2D eigenvalue weighted by atomic mass is 15.0. The van der Waals surface area contributed by atoms with Crippen LogP contribution in [0.3, 0.4) is 0 Å². The number of hydrogen-bond donors (Lipinski definition) is 0. The second-order valence-corrected chi connectivity index (χ2v) is 13.2. The van der Waals surface area contributed by atoms with Crippen LogP contribution in [0.5, 0.6) is 0 Å². The van der Waals surface area contributed by atoms with E-state index in [2.05, 4.69) is 108 Å².